The molecule has 0 amide bonds. The average Bonchev–Trinajstić information content (AvgIpc) is 2.98. The summed E-state index contributed by atoms with van der Waals surface area (Å²) in [6.07, 6.45) is 5.52. The highest BCUT2D eigenvalue weighted by molar-refractivity contribution is 7.89. The molecule has 2 aliphatic rings. The van der Waals surface area contributed by atoms with E-state index in [1.807, 2.05) is 11.5 Å². The first-order valence-corrected chi connectivity index (χ1v) is 8.95. The van der Waals surface area contributed by atoms with E-state index in [0.717, 1.165) is 25.7 Å². The topological polar surface area (TPSA) is 80.6 Å². The summed E-state index contributed by atoms with van der Waals surface area (Å²) in [6.45, 7) is 2.38. The standard InChI is InChI=1S/C14H22N2O4S/c1-10(14-3-2-6-20-14)15-21(18,19)13-7-12(9-17)16(8-13)11-4-5-11/h7-8,10-11,14-15,17H,2-6,9H2,1H3. The summed E-state index contributed by atoms with van der Waals surface area (Å²) in [5.74, 6) is 0. The molecule has 0 spiro atoms. The number of hydrogen-bond donors (Lipinski definition) is 2. The fraction of sp³-hybridized carbons (Fsp3) is 0.714. The summed E-state index contributed by atoms with van der Waals surface area (Å²) >= 11 is 0. The van der Waals surface area contributed by atoms with E-state index in [0.29, 0.717) is 18.3 Å². The molecule has 1 aliphatic carbocycles. The monoisotopic (exact) mass is 314 g/mol. The summed E-state index contributed by atoms with van der Waals surface area (Å²) in [5, 5.41) is 9.37. The molecule has 7 heteroatoms. The first-order valence-electron chi connectivity index (χ1n) is 7.47. The number of aliphatic hydroxyl groups is 1. The smallest absolute Gasteiger partial charge is 0.242 e. The summed E-state index contributed by atoms with van der Waals surface area (Å²) < 4.78 is 35.0. The number of rotatable bonds is 6. The first-order chi connectivity index (χ1) is 10.0. The van der Waals surface area contributed by atoms with Crippen molar-refractivity contribution in [1.82, 2.24) is 9.29 Å². The highest BCUT2D eigenvalue weighted by atomic mass is 32.2. The summed E-state index contributed by atoms with van der Waals surface area (Å²) in [6, 6.07) is 1.65. The number of aromatic nitrogens is 1. The van der Waals surface area contributed by atoms with Gasteiger partial charge in [-0.3, -0.25) is 0 Å². The van der Waals surface area contributed by atoms with Crippen LogP contribution in [0.2, 0.25) is 0 Å². The second-order valence-electron chi connectivity index (χ2n) is 5.93. The molecular formula is C14H22N2O4S. The van der Waals surface area contributed by atoms with Crippen molar-refractivity contribution in [1.29, 1.82) is 0 Å². The lowest BCUT2D eigenvalue weighted by atomic mass is 10.1. The predicted molar refractivity (Wildman–Crippen MR) is 77.4 cm³/mol. The van der Waals surface area contributed by atoms with Crippen LogP contribution in [-0.4, -0.2) is 36.8 Å². The van der Waals surface area contributed by atoms with E-state index in [-0.39, 0.29) is 23.6 Å². The Labute approximate surface area is 125 Å². The third-order valence-electron chi connectivity index (χ3n) is 4.18. The Kier molecular flexibility index (Phi) is 4.09. The van der Waals surface area contributed by atoms with Gasteiger partial charge in [-0.15, -0.1) is 0 Å². The second-order valence-corrected chi connectivity index (χ2v) is 7.64. The summed E-state index contributed by atoms with van der Waals surface area (Å²) in [7, 11) is -3.58. The van der Waals surface area contributed by atoms with Gasteiger partial charge in [0.1, 0.15) is 0 Å². The van der Waals surface area contributed by atoms with Gasteiger partial charge < -0.3 is 14.4 Å². The van der Waals surface area contributed by atoms with Crippen molar-refractivity contribution in [3.05, 3.63) is 18.0 Å². The number of nitrogens with one attached hydrogen (secondary N) is 1. The van der Waals surface area contributed by atoms with Crippen LogP contribution >= 0.6 is 0 Å². The van der Waals surface area contributed by atoms with Crippen LogP contribution in [0.5, 0.6) is 0 Å². The van der Waals surface area contributed by atoms with Gasteiger partial charge in [0, 0.05) is 30.6 Å². The van der Waals surface area contributed by atoms with Crippen LogP contribution in [0.3, 0.4) is 0 Å². The van der Waals surface area contributed by atoms with E-state index in [1.165, 1.54) is 0 Å². The number of aliphatic hydroxyl groups excluding tert-OH is 1. The van der Waals surface area contributed by atoms with Crippen LogP contribution < -0.4 is 4.72 Å². The van der Waals surface area contributed by atoms with Crippen molar-refractivity contribution in [2.75, 3.05) is 6.61 Å². The lowest BCUT2D eigenvalue weighted by Crippen LogP contribution is -2.40. The van der Waals surface area contributed by atoms with Gasteiger partial charge >= 0.3 is 0 Å². The third kappa shape index (κ3) is 3.15. The van der Waals surface area contributed by atoms with Crippen molar-refractivity contribution in [3.63, 3.8) is 0 Å². The molecule has 118 valence electrons. The first kappa shape index (κ1) is 15.0. The summed E-state index contributed by atoms with van der Waals surface area (Å²) in [4.78, 5) is 0.225. The molecule has 2 N–H and O–H groups in total. The maximum absolute atomic E-state index is 12.5. The summed E-state index contributed by atoms with van der Waals surface area (Å²) in [5.41, 5.74) is 0.655. The van der Waals surface area contributed by atoms with Crippen LogP contribution in [0.1, 0.15) is 44.3 Å². The predicted octanol–water partition coefficient (Wildman–Crippen LogP) is 1.16. The van der Waals surface area contributed by atoms with E-state index in [9.17, 15) is 13.5 Å². The van der Waals surface area contributed by atoms with Crippen molar-refractivity contribution >= 4 is 10.0 Å². The van der Waals surface area contributed by atoms with Crippen LogP contribution in [-0.2, 0) is 21.4 Å². The van der Waals surface area contributed by atoms with Crippen molar-refractivity contribution in [3.8, 4) is 0 Å². The third-order valence-corrected chi connectivity index (χ3v) is 5.71. The Bertz CT molecular complexity index is 600. The molecule has 3 rings (SSSR count). The van der Waals surface area contributed by atoms with E-state index in [4.69, 9.17) is 4.74 Å². The quantitative estimate of drug-likeness (QED) is 0.826. The van der Waals surface area contributed by atoms with E-state index in [2.05, 4.69) is 4.72 Å². The molecule has 1 aliphatic heterocycles. The lowest BCUT2D eigenvalue weighted by molar-refractivity contribution is 0.0902. The minimum Gasteiger partial charge on any atom is -0.390 e. The van der Waals surface area contributed by atoms with Crippen molar-refractivity contribution in [2.24, 2.45) is 0 Å². The molecule has 1 aromatic heterocycles. The van der Waals surface area contributed by atoms with Gasteiger partial charge in [0.2, 0.25) is 10.0 Å². The highest BCUT2D eigenvalue weighted by Gasteiger charge is 2.30. The van der Waals surface area contributed by atoms with Gasteiger partial charge in [-0.05, 0) is 38.7 Å². The molecule has 6 nitrogen and oxygen atoms in total. The van der Waals surface area contributed by atoms with E-state index in [1.54, 1.807) is 12.3 Å². The molecule has 2 heterocycles. The Hall–Kier alpha value is -0.890. The molecule has 0 aromatic carbocycles. The number of ether oxygens (including phenoxy) is 1. The van der Waals surface area contributed by atoms with Gasteiger partial charge in [-0.2, -0.15) is 0 Å². The molecule has 0 radical (unpaired) electrons. The van der Waals surface area contributed by atoms with Crippen molar-refractivity contribution in [2.45, 2.75) is 62.3 Å². The number of sulfonamides is 1. The normalized spacial score (nSPS) is 24.4. The maximum atomic E-state index is 12.5. The Morgan fingerprint density at radius 2 is 2.24 bits per heavy atom. The van der Waals surface area contributed by atoms with E-state index < -0.39 is 10.0 Å². The van der Waals surface area contributed by atoms with Gasteiger partial charge in [0.05, 0.1) is 17.6 Å². The molecule has 1 aromatic rings. The molecule has 2 atom stereocenters. The van der Waals surface area contributed by atoms with Crippen LogP contribution in [0, 0.1) is 0 Å². The molecule has 21 heavy (non-hydrogen) atoms. The van der Waals surface area contributed by atoms with Gasteiger partial charge in [0.15, 0.2) is 0 Å². The zero-order valence-corrected chi connectivity index (χ0v) is 13.0. The highest BCUT2D eigenvalue weighted by Crippen LogP contribution is 2.37. The molecular weight excluding hydrogens is 292 g/mol. The largest absolute Gasteiger partial charge is 0.390 e. The number of nitrogens with zero attached hydrogens (tertiary/aromatic N) is 1. The van der Waals surface area contributed by atoms with Crippen LogP contribution in [0.4, 0.5) is 0 Å². The van der Waals surface area contributed by atoms with Crippen LogP contribution in [0.25, 0.3) is 0 Å². The maximum Gasteiger partial charge on any atom is 0.242 e. The van der Waals surface area contributed by atoms with Gasteiger partial charge in [0.25, 0.3) is 0 Å². The Balaban J connectivity index is 1.77. The second kappa shape index (κ2) is 5.72. The molecule has 2 unspecified atom stereocenters. The average molecular weight is 314 g/mol. The Morgan fingerprint density at radius 3 is 2.81 bits per heavy atom. The van der Waals surface area contributed by atoms with Crippen LogP contribution in [0.15, 0.2) is 17.2 Å². The van der Waals surface area contributed by atoms with E-state index >= 15 is 0 Å². The fourth-order valence-electron chi connectivity index (χ4n) is 2.85. The molecule has 1 saturated heterocycles. The van der Waals surface area contributed by atoms with Gasteiger partial charge in [-0.1, -0.05) is 0 Å². The Morgan fingerprint density at radius 1 is 1.48 bits per heavy atom. The SMILES string of the molecule is CC(NS(=O)(=O)c1cc(CO)n(C2CC2)c1)C1CCCO1. The zero-order chi connectivity index (χ0) is 15.0. The molecule has 2 fully saturated rings. The number of hydrogen-bond acceptors (Lipinski definition) is 4. The zero-order valence-electron chi connectivity index (χ0n) is 12.2. The van der Waals surface area contributed by atoms with Gasteiger partial charge in [-0.25, -0.2) is 13.1 Å². The minimum atomic E-state index is -3.58. The fourth-order valence-corrected chi connectivity index (χ4v) is 4.17. The minimum absolute atomic E-state index is 0.0531. The molecule has 1 saturated carbocycles. The molecule has 0 bridgehead atoms. The van der Waals surface area contributed by atoms with Crippen molar-refractivity contribution < 1.29 is 18.3 Å². The lowest BCUT2D eigenvalue weighted by Gasteiger charge is -2.19.